The molecule has 2 rings (SSSR count). The van der Waals surface area contributed by atoms with Crippen LogP contribution in [0.3, 0.4) is 0 Å². The monoisotopic (exact) mass is 250 g/mol. The molecule has 0 saturated carbocycles. The van der Waals surface area contributed by atoms with Crippen molar-refractivity contribution in [1.29, 1.82) is 0 Å². The molecule has 0 bridgehead atoms. The lowest BCUT2D eigenvalue weighted by Gasteiger charge is -2.22. The van der Waals surface area contributed by atoms with Gasteiger partial charge < -0.3 is 22.1 Å². The highest BCUT2D eigenvalue weighted by molar-refractivity contribution is 5.90. The third-order valence-corrected chi connectivity index (χ3v) is 3.27. The second kappa shape index (κ2) is 6.51. The van der Waals surface area contributed by atoms with E-state index in [2.05, 4.69) is 26.9 Å². The van der Waals surface area contributed by atoms with E-state index in [0.717, 1.165) is 25.9 Å². The molecule has 2 unspecified atom stereocenters. The van der Waals surface area contributed by atoms with Crippen LogP contribution >= 0.6 is 0 Å². The molecule has 0 aliphatic carbocycles. The van der Waals surface area contributed by atoms with Crippen LogP contribution in [0.2, 0.25) is 0 Å². The van der Waals surface area contributed by atoms with E-state index in [1.807, 2.05) is 6.08 Å². The Balaban J connectivity index is 1.94. The summed E-state index contributed by atoms with van der Waals surface area (Å²) in [7, 11) is 0. The fourth-order valence-corrected chi connectivity index (χ4v) is 2.18. The lowest BCUT2D eigenvalue weighted by molar-refractivity contribution is 0.469. The van der Waals surface area contributed by atoms with Crippen molar-refractivity contribution >= 4 is 11.7 Å². The quantitative estimate of drug-likeness (QED) is 0.238. The Labute approximate surface area is 108 Å². The van der Waals surface area contributed by atoms with Gasteiger partial charge in [-0.15, -0.1) is 10.2 Å². The Kier molecular flexibility index (Phi) is 4.72. The van der Waals surface area contributed by atoms with E-state index in [1.165, 1.54) is 12.8 Å². The molecule has 2 aliphatic heterocycles. The Morgan fingerprint density at radius 3 is 2.56 bits per heavy atom. The van der Waals surface area contributed by atoms with Crippen molar-refractivity contribution in [1.82, 2.24) is 10.6 Å². The molecule has 0 aromatic carbocycles. The summed E-state index contributed by atoms with van der Waals surface area (Å²) in [6.45, 7) is 1.91. The SMILES string of the molecule is NC(=NN=C(N)C1CCCCN1)C1C=CCCN1. The van der Waals surface area contributed by atoms with Crippen molar-refractivity contribution in [3.8, 4) is 0 Å². The predicted molar refractivity (Wildman–Crippen MR) is 74.4 cm³/mol. The number of hydrogen-bond acceptors (Lipinski definition) is 4. The molecule has 0 amide bonds. The number of rotatable bonds is 3. The first-order valence-electron chi connectivity index (χ1n) is 6.57. The molecule has 0 spiro atoms. The smallest absolute Gasteiger partial charge is 0.143 e. The third-order valence-electron chi connectivity index (χ3n) is 3.27. The average Bonchev–Trinajstić information content (AvgIpc) is 2.46. The highest BCUT2D eigenvalue weighted by atomic mass is 15.3. The number of nitrogens with two attached hydrogens (primary N) is 2. The normalized spacial score (nSPS) is 30.4. The Hall–Kier alpha value is -1.40. The molecule has 6 N–H and O–H groups in total. The van der Waals surface area contributed by atoms with E-state index in [-0.39, 0.29) is 12.1 Å². The fraction of sp³-hybridized carbons (Fsp3) is 0.667. The maximum Gasteiger partial charge on any atom is 0.143 e. The van der Waals surface area contributed by atoms with E-state index < -0.39 is 0 Å². The molecule has 0 aromatic rings. The predicted octanol–water partition coefficient (Wildman–Crippen LogP) is -0.324. The van der Waals surface area contributed by atoms with Crippen LogP contribution < -0.4 is 22.1 Å². The van der Waals surface area contributed by atoms with Crippen LogP contribution in [0, 0.1) is 0 Å². The lowest BCUT2D eigenvalue weighted by Crippen LogP contribution is -2.44. The minimum atomic E-state index is -0.0189. The second-order valence-electron chi connectivity index (χ2n) is 4.70. The standard InChI is InChI=1S/C12H22N6/c13-11(9-5-1-3-7-15-9)17-18-12(14)10-6-2-4-8-16-10/h1,5,9-10,15-16H,2-4,6-8H2,(H2,13,17)(H2,14,18). The summed E-state index contributed by atoms with van der Waals surface area (Å²) in [5, 5.41) is 14.7. The van der Waals surface area contributed by atoms with Crippen LogP contribution in [0.5, 0.6) is 0 Å². The van der Waals surface area contributed by atoms with E-state index in [1.54, 1.807) is 0 Å². The summed E-state index contributed by atoms with van der Waals surface area (Å²) in [6, 6.07) is 0.125. The fourth-order valence-electron chi connectivity index (χ4n) is 2.18. The largest absolute Gasteiger partial charge is 0.384 e. The Morgan fingerprint density at radius 2 is 1.89 bits per heavy atom. The summed E-state index contributed by atoms with van der Waals surface area (Å²) in [5.41, 5.74) is 11.8. The molecule has 6 heteroatoms. The van der Waals surface area contributed by atoms with Gasteiger partial charge in [-0.2, -0.15) is 0 Å². The number of hydrogen-bond donors (Lipinski definition) is 4. The van der Waals surface area contributed by atoms with Crippen molar-refractivity contribution in [2.45, 2.75) is 37.8 Å². The molecular weight excluding hydrogens is 228 g/mol. The highest BCUT2D eigenvalue weighted by Gasteiger charge is 2.16. The van der Waals surface area contributed by atoms with Gasteiger partial charge in [0, 0.05) is 0 Å². The third kappa shape index (κ3) is 3.54. The molecule has 100 valence electrons. The number of nitrogens with zero attached hydrogens (tertiary/aromatic N) is 2. The molecule has 0 aromatic heterocycles. The van der Waals surface area contributed by atoms with Crippen LogP contribution in [0.15, 0.2) is 22.4 Å². The summed E-state index contributed by atoms with van der Waals surface area (Å²) in [5.74, 6) is 0.988. The second-order valence-corrected chi connectivity index (χ2v) is 4.70. The molecule has 18 heavy (non-hydrogen) atoms. The van der Waals surface area contributed by atoms with Crippen molar-refractivity contribution in [2.24, 2.45) is 21.7 Å². The Morgan fingerprint density at radius 1 is 1.06 bits per heavy atom. The van der Waals surface area contributed by atoms with Gasteiger partial charge in [0.15, 0.2) is 0 Å². The topological polar surface area (TPSA) is 101 Å². The van der Waals surface area contributed by atoms with Gasteiger partial charge in [0.1, 0.15) is 11.7 Å². The van der Waals surface area contributed by atoms with Crippen LogP contribution in [0.4, 0.5) is 0 Å². The summed E-state index contributed by atoms with van der Waals surface area (Å²) in [6.07, 6.45) is 8.53. The van der Waals surface area contributed by atoms with Gasteiger partial charge in [0.2, 0.25) is 0 Å². The van der Waals surface area contributed by atoms with E-state index in [0.29, 0.717) is 11.7 Å². The molecule has 2 aliphatic rings. The molecular formula is C12H22N6. The van der Waals surface area contributed by atoms with Gasteiger partial charge in [0.05, 0.1) is 12.1 Å². The number of amidine groups is 2. The van der Waals surface area contributed by atoms with Gasteiger partial charge in [-0.3, -0.25) is 0 Å². The van der Waals surface area contributed by atoms with Gasteiger partial charge in [-0.05, 0) is 32.4 Å². The molecule has 1 fully saturated rings. The summed E-state index contributed by atoms with van der Waals surface area (Å²) < 4.78 is 0. The average molecular weight is 250 g/mol. The summed E-state index contributed by atoms with van der Waals surface area (Å²) in [4.78, 5) is 0. The van der Waals surface area contributed by atoms with Gasteiger partial charge >= 0.3 is 0 Å². The molecule has 2 heterocycles. The zero-order chi connectivity index (χ0) is 12.8. The zero-order valence-corrected chi connectivity index (χ0v) is 10.6. The van der Waals surface area contributed by atoms with E-state index >= 15 is 0 Å². The van der Waals surface area contributed by atoms with Gasteiger partial charge in [-0.1, -0.05) is 18.6 Å². The van der Waals surface area contributed by atoms with Crippen molar-refractivity contribution in [3.63, 3.8) is 0 Å². The molecule has 6 nitrogen and oxygen atoms in total. The maximum atomic E-state index is 5.91. The summed E-state index contributed by atoms with van der Waals surface area (Å²) >= 11 is 0. The van der Waals surface area contributed by atoms with Crippen molar-refractivity contribution in [2.75, 3.05) is 13.1 Å². The van der Waals surface area contributed by atoms with Crippen molar-refractivity contribution in [3.05, 3.63) is 12.2 Å². The molecule has 1 saturated heterocycles. The first-order valence-corrected chi connectivity index (χ1v) is 6.57. The molecule has 2 atom stereocenters. The van der Waals surface area contributed by atoms with Crippen LogP contribution in [0.1, 0.15) is 25.7 Å². The zero-order valence-electron chi connectivity index (χ0n) is 10.6. The first-order chi connectivity index (χ1) is 8.77. The van der Waals surface area contributed by atoms with Crippen LogP contribution in [-0.4, -0.2) is 36.8 Å². The minimum absolute atomic E-state index is 0.0189. The number of nitrogens with one attached hydrogen (secondary N) is 2. The van der Waals surface area contributed by atoms with Crippen molar-refractivity contribution < 1.29 is 0 Å². The van der Waals surface area contributed by atoms with Gasteiger partial charge in [0.25, 0.3) is 0 Å². The van der Waals surface area contributed by atoms with E-state index in [4.69, 9.17) is 11.5 Å². The highest BCUT2D eigenvalue weighted by Crippen LogP contribution is 2.07. The van der Waals surface area contributed by atoms with Gasteiger partial charge in [-0.25, -0.2) is 0 Å². The van der Waals surface area contributed by atoms with E-state index in [9.17, 15) is 0 Å². The number of piperidine rings is 1. The van der Waals surface area contributed by atoms with Crippen LogP contribution in [-0.2, 0) is 0 Å². The lowest BCUT2D eigenvalue weighted by atomic mass is 10.0. The van der Waals surface area contributed by atoms with Crippen LogP contribution in [0.25, 0.3) is 0 Å². The molecule has 0 radical (unpaired) electrons. The first kappa shape index (κ1) is 13.0. The maximum absolute atomic E-state index is 5.91. The Bertz CT molecular complexity index is 354. The minimum Gasteiger partial charge on any atom is -0.384 e.